The Kier molecular flexibility index (Phi) is 15.3. The van der Waals surface area contributed by atoms with E-state index in [1.165, 1.54) is 12.1 Å². The van der Waals surface area contributed by atoms with Crippen LogP contribution in [0, 0.1) is 17.8 Å². The Balaban J connectivity index is 2.04. The summed E-state index contributed by atoms with van der Waals surface area (Å²) in [5.41, 5.74) is 3.98. The van der Waals surface area contributed by atoms with Gasteiger partial charge in [-0.2, -0.15) is 0 Å². The van der Waals surface area contributed by atoms with Gasteiger partial charge in [0, 0.05) is 13.7 Å². The number of methoxy groups -OCH3 is 1. The predicted octanol–water partition coefficient (Wildman–Crippen LogP) is 3.43. The molecule has 45 heavy (non-hydrogen) atoms. The van der Waals surface area contributed by atoms with Gasteiger partial charge in [0.15, 0.2) is 0 Å². The van der Waals surface area contributed by atoms with Crippen molar-refractivity contribution in [2.45, 2.75) is 91.6 Å². The van der Waals surface area contributed by atoms with Gasteiger partial charge in [0.05, 0.1) is 18.1 Å². The van der Waals surface area contributed by atoms with Crippen LogP contribution in [0.3, 0.4) is 0 Å². The highest BCUT2D eigenvalue weighted by Gasteiger charge is 2.34. The van der Waals surface area contributed by atoms with Crippen LogP contribution in [0.5, 0.6) is 5.75 Å². The number of nitrogens with one attached hydrogen (secondary N) is 4. The van der Waals surface area contributed by atoms with E-state index < -0.39 is 36.1 Å². The van der Waals surface area contributed by atoms with E-state index in [-0.39, 0.29) is 35.6 Å². The lowest BCUT2D eigenvalue weighted by Crippen LogP contribution is -2.62. The molecule has 6 atom stereocenters. The van der Waals surface area contributed by atoms with Gasteiger partial charge in [0.2, 0.25) is 17.7 Å². The molecule has 0 aromatic heterocycles. The monoisotopic (exact) mass is 627 g/mol. The van der Waals surface area contributed by atoms with E-state index in [2.05, 4.69) is 28.0 Å². The highest BCUT2D eigenvalue weighted by atomic mass is 16.5. The lowest BCUT2D eigenvalue weighted by Gasteiger charge is -2.36. The molecule has 1 aromatic rings. The Bertz CT molecular complexity index is 1190. The Morgan fingerprint density at radius 2 is 1.76 bits per heavy atom. The maximum atomic E-state index is 13.4. The van der Waals surface area contributed by atoms with Gasteiger partial charge in [-0.25, -0.2) is 5.43 Å². The number of carbonyl (C=O) groups is 4. The molecular formula is C34H53N5O6. The zero-order valence-corrected chi connectivity index (χ0v) is 28.1. The van der Waals surface area contributed by atoms with Crippen molar-refractivity contribution < 1.29 is 28.7 Å². The predicted molar refractivity (Wildman–Crippen MR) is 175 cm³/mol. The fourth-order valence-electron chi connectivity index (χ4n) is 5.18. The maximum absolute atomic E-state index is 13.4. The van der Waals surface area contributed by atoms with E-state index in [1.54, 1.807) is 26.0 Å². The van der Waals surface area contributed by atoms with Crippen LogP contribution in [0.25, 0.3) is 0 Å². The first kappa shape index (κ1) is 37.5. The number of allylic oxidation sites excluding steroid dienone is 1. The molecule has 11 nitrogen and oxygen atoms in total. The van der Waals surface area contributed by atoms with E-state index >= 15 is 0 Å². The van der Waals surface area contributed by atoms with Gasteiger partial charge in [-0.05, 0) is 56.2 Å². The second-order valence-electron chi connectivity index (χ2n) is 12.2. The second-order valence-corrected chi connectivity index (χ2v) is 12.2. The fraction of sp³-hybridized carbons (Fsp3) is 0.588. The molecule has 1 fully saturated rings. The summed E-state index contributed by atoms with van der Waals surface area (Å²) in [6, 6.07) is 4.98. The number of amides is 4. The maximum Gasteiger partial charge on any atom is 0.258 e. The summed E-state index contributed by atoms with van der Waals surface area (Å²) in [4.78, 5) is 53.0. The summed E-state index contributed by atoms with van der Waals surface area (Å²) in [6.07, 6.45) is 6.01. The number of benzene rings is 1. The lowest BCUT2D eigenvalue weighted by atomic mass is 9.95. The Morgan fingerprint density at radius 3 is 2.36 bits per heavy atom. The molecule has 1 aliphatic rings. The molecule has 4 amide bonds. The van der Waals surface area contributed by atoms with Crippen molar-refractivity contribution in [3.8, 4) is 5.75 Å². The number of rotatable bonds is 16. The zero-order chi connectivity index (χ0) is 33.7. The Hall–Kier alpha value is -3.70. The molecule has 0 aliphatic carbocycles. The van der Waals surface area contributed by atoms with Crippen molar-refractivity contribution >= 4 is 23.6 Å². The largest absolute Gasteiger partial charge is 0.490 e. The number of carbonyl (C=O) groups excluding carboxylic acids is 4. The van der Waals surface area contributed by atoms with Gasteiger partial charge >= 0.3 is 0 Å². The summed E-state index contributed by atoms with van der Waals surface area (Å²) >= 11 is 0. The number of nitrogens with zero attached hydrogens (tertiary/aromatic N) is 1. The smallest absolute Gasteiger partial charge is 0.258 e. The van der Waals surface area contributed by atoms with Crippen LogP contribution in [-0.2, 0) is 23.9 Å². The van der Waals surface area contributed by atoms with Crippen molar-refractivity contribution in [2.75, 3.05) is 20.3 Å². The summed E-state index contributed by atoms with van der Waals surface area (Å²) in [6.45, 7) is 17.3. The highest BCUT2D eigenvalue weighted by molar-refractivity contribution is 5.92. The van der Waals surface area contributed by atoms with Crippen molar-refractivity contribution in [3.63, 3.8) is 0 Å². The third-order valence-corrected chi connectivity index (χ3v) is 7.85. The molecule has 1 saturated heterocycles. The van der Waals surface area contributed by atoms with Crippen LogP contribution in [0.15, 0.2) is 49.1 Å². The first-order chi connectivity index (χ1) is 21.3. The average molecular weight is 628 g/mol. The third-order valence-electron chi connectivity index (χ3n) is 7.85. The second kappa shape index (κ2) is 18.3. The molecule has 250 valence electrons. The molecule has 1 heterocycles. The lowest BCUT2D eigenvalue weighted by molar-refractivity contribution is -0.143. The van der Waals surface area contributed by atoms with Crippen LogP contribution in [0.1, 0.15) is 72.9 Å². The van der Waals surface area contributed by atoms with Crippen molar-refractivity contribution in [1.82, 2.24) is 26.4 Å². The molecule has 0 bridgehead atoms. The van der Waals surface area contributed by atoms with E-state index in [4.69, 9.17) is 9.47 Å². The highest BCUT2D eigenvalue weighted by Crippen LogP contribution is 2.26. The zero-order valence-electron chi connectivity index (χ0n) is 28.1. The van der Waals surface area contributed by atoms with E-state index in [0.717, 1.165) is 5.56 Å². The van der Waals surface area contributed by atoms with Crippen LogP contribution >= 0.6 is 0 Å². The normalized spacial score (nSPS) is 18.5. The summed E-state index contributed by atoms with van der Waals surface area (Å²) in [5.74, 6) is -1.34. The molecule has 1 aliphatic heterocycles. The molecule has 0 radical (unpaired) electrons. The van der Waals surface area contributed by atoms with Crippen LogP contribution in [0.4, 0.5) is 0 Å². The first-order valence-electron chi connectivity index (χ1n) is 15.8. The quantitative estimate of drug-likeness (QED) is 0.206. The van der Waals surface area contributed by atoms with Gasteiger partial charge in [0.1, 0.15) is 30.5 Å². The Labute approximate surface area is 268 Å². The average Bonchev–Trinajstić information content (AvgIpc) is 3.02. The number of hydrogen-bond donors (Lipinski definition) is 4. The number of hydrogen-bond acceptors (Lipinski definition) is 7. The Morgan fingerprint density at radius 1 is 1.04 bits per heavy atom. The molecule has 0 unspecified atom stereocenters. The SMILES string of the molecule is C=CCOc1cccc([C@H](NC(=O)[C@@H]2CCCN(C(=O)[C@H](C)NC(=O)[C@@H](NC(=O)[C@H](C)[C@@H](/C=C/C)OC)C(C)C)N2)C(C)C)c1. The first-order valence-corrected chi connectivity index (χ1v) is 15.8. The molecule has 0 spiro atoms. The molecule has 0 saturated carbocycles. The van der Waals surface area contributed by atoms with Crippen LogP contribution in [-0.4, -0.2) is 73.1 Å². The fourth-order valence-corrected chi connectivity index (χ4v) is 5.18. The van der Waals surface area contributed by atoms with Crippen molar-refractivity contribution in [3.05, 3.63) is 54.6 Å². The van der Waals surface area contributed by atoms with Crippen molar-refractivity contribution in [1.29, 1.82) is 0 Å². The molecule has 4 N–H and O–H groups in total. The molecule has 1 aromatic carbocycles. The molecule has 2 rings (SSSR count). The van der Waals surface area contributed by atoms with Gasteiger partial charge in [-0.15, -0.1) is 0 Å². The molecular weight excluding hydrogens is 574 g/mol. The summed E-state index contributed by atoms with van der Waals surface area (Å²) in [5, 5.41) is 10.1. The number of hydrazine groups is 1. The van der Waals surface area contributed by atoms with Gasteiger partial charge in [-0.1, -0.05) is 71.6 Å². The topological polar surface area (TPSA) is 138 Å². The van der Waals surface area contributed by atoms with Crippen LogP contribution < -0.4 is 26.1 Å². The van der Waals surface area contributed by atoms with Crippen molar-refractivity contribution in [2.24, 2.45) is 17.8 Å². The van der Waals surface area contributed by atoms with Gasteiger partial charge < -0.3 is 25.4 Å². The summed E-state index contributed by atoms with van der Waals surface area (Å²) < 4.78 is 11.1. The summed E-state index contributed by atoms with van der Waals surface area (Å²) in [7, 11) is 1.53. The minimum absolute atomic E-state index is 0.0982. The van der Waals surface area contributed by atoms with Crippen LogP contribution in [0.2, 0.25) is 0 Å². The third kappa shape index (κ3) is 11.0. The van der Waals surface area contributed by atoms with E-state index in [9.17, 15) is 19.2 Å². The standard InChI is InChI=1S/C34H53N5O6/c1-10-14-28(44-9)23(7)31(40)37-30(22(5)6)33(42)35-24(8)34(43)39-18-13-17-27(38-39)32(41)36-29(21(3)4)25-15-12-16-26(20-25)45-19-11-2/h10-12,14-16,20-24,27-30,38H,2,13,17-19H2,1,3-9H3,(H,35,42)(H,36,41)(H,37,40)/b14-10+/t23-,24+,27+,28-,29-,30+/m1/s1. The number of ether oxygens (including phenoxy) is 2. The molecule has 11 heteroatoms. The minimum Gasteiger partial charge on any atom is -0.490 e. The minimum atomic E-state index is -0.890. The van der Waals surface area contributed by atoms with Gasteiger partial charge in [0.25, 0.3) is 5.91 Å². The van der Waals surface area contributed by atoms with Gasteiger partial charge in [-0.3, -0.25) is 24.2 Å². The van der Waals surface area contributed by atoms with E-state index in [1.807, 2.05) is 65.0 Å². The van der Waals surface area contributed by atoms with E-state index in [0.29, 0.717) is 31.7 Å².